The van der Waals surface area contributed by atoms with E-state index in [9.17, 15) is 9.59 Å². The minimum Gasteiger partial charge on any atom is -0.476 e. The number of aromatic carboxylic acids is 1. The van der Waals surface area contributed by atoms with Crippen LogP contribution in [0.5, 0.6) is 0 Å². The molecule has 0 aromatic carbocycles. The van der Waals surface area contributed by atoms with Crippen LogP contribution in [0.2, 0.25) is 0 Å². The van der Waals surface area contributed by atoms with Gasteiger partial charge in [0.05, 0.1) is 11.6 Å². The summed E-state index contributed by atoms with van der Waals surface area (Å²) < 4.78 is 4.52. The largest absolute Gasteiger partial charge is 0.476 e. The van der Waals surface area contributed by atoms with Crippen LogP contribution in [0.15, 0.2) is 16.3 Å². The van der Waals surface area contributed by atoms with E-state index in [2.05, 4.69) is 30.3 Å². The number of carboxylic acid groups (broad SMARTS) is 1. The Morgan fingerprint density at radius 1 is 1.40 bits per heavy atom. The average molecular weight is 297 g/mol. The molecule has 2 aromatic heterocycles. The van der Waals surface area contributed by atoms with Crippen molar-refractivity contribution in [1.29, 1.82) is 0 Å². The number of aromatic nitrogens is 3. The Labute approximate surface area is 117 Å². The molecule has 0 saturated heterocycles. The van der Waals surface area contributed by atoms with E-state index in [0.29, 0.717) is 23.8 Å². The third-order valence-corrected chi connectivity index (χ3v) is 3.12. The summed E-state index contributed by atoms with van der Waals surface area (Å²) in [5, 5.41) is 19.5. The molecule has 2 aromatic rings. The quantitative estimate of drug-likeness (QED) is 0.697. The van der Waals surface area contributed by atoms with Crippen molar-refractivity contribution in [3.05, 3.63) is 28.3 Å². The highest BCUT2D eigenvalue weighted by molar-refractivity contribution is 7.09. The SMILES string of the molecule is O=C(NCCc1nc(C(=O)O)cs1)NCc1ncon1. The van der Waals surface area contributed by atoms with Gasteiger partial charge in [0.25, 0.3) is 0 Å². The smallest absolute Gasteiger partial charge is 0.355 e. The molecule has 2 amide bonds. The molecule has 0 aliphatic carbocycles. The minimum absolute atomic E-state index is 0.0200. The molecule has 10 heteroatoms. The molecule has 0 aliphatic rings. The number of nitrogens with one attached hydrogen (secondary N) is 2. The van der Waals surface area contributed by atoms with Crippen LogP contribution < -0.4 is 10.6 Å². The molecule has 0 spiro atoms. The number of urea groups is 1. The van der Waals surface area contributed by atoms with E-state index < -0.39 is 5.97 Å². The Bertz CT molecular complexity index is 582. The van der Waals surface area contributed by atoms with Crippen molar-refractivity contribution in [2.75, 3.05) is 6.54 Å². The molecule has 2 heterocycles. The van der Waals surface area contributed by atoms with E-state index in [1.807, 2.05) is 0 Å². The molecule has 20 heavy (non-hydrogen) atoms. The Kier molecular flexibility index (Phi) is 4.60. The first kappa shape index (κ1) is 13.9. The summed E-state index contributed by atoms with van der Waals surface area (Å²) >= 11 is 1.24. The molecule has 106 valence electrons. The molecule has 2 rings (SSSR count). The van der Waals surface area contributed by atoms with Gasteiger partial charge in [-0.1, -0.05) is 5.16 Å². The number of nitrogens with zero attached hydrogens (tertiary/aromatic N) is 3. The predicted octanol–water partition coefficient (Wildman–Crippen LogP) is 0.266. The van der Waals surface area contributed by atoms with Gasteiger partial charge in [0, 0.05) is 18.3 Å². The number of hydrogen-bond donors (Lipinski definition) is 3. The summed E-state index contributed by atoms with van der Waals surface area (Å²) in [6.07, 6.45) is 1.64. The number of carbonyl (C=O) groups is 2. The molecule has 9 nitrogen and oxygen atoms in total. The van der Waals surface area contributed by atoms with Gasteiger partial charge in [0.15, 0.2) is 11.5 Å². The number of thiazole rings is 1. The lowest BCUT2D eigenvalue weighted by atomic mass is 10.4. The Morgan fingerprint density at radius 2 is 2.25 bits per heavy atom. The Balaban J connectivity index is 1.67. The molecule has 0 atom stereocenters. The van der Waals surface area contributed by atoms with Crippen molar-refractivity contribution in [2.45, 2.75) is 13.0 Å². The van der Waals surface area contributed by atoms with Crippen molar-refractivity contribution in [3.8, 4) is 0 Å². The van der Waals surface area contributed by atoms with E-state index in [-0.39, 0.29) is 18.3 Å². The van der Waals surface area contributed by atoms with E-state index in [1.54, 1.807) is 0 Å². The van der Waals surface area contributed by atoms with E-state index in [1.165, 1.54) is 23.1 Å². The third-order valence-electron chi connectivity index (χ3n) is 2.21. The monoisotopic (exact) mass is 297 g/mol. The fourth-order valence-electron chi connectivity index (χ4n) is 1.30. The van der Waals surface area contributed by atoms with Crippen molar-refractivity contribution in [1.82, 2.24) is 25.8 Å². The topological polar surface area (TPSA) is 130 Å². The number of amides is 2. The molecule has 0 fully saturated rings. The molecule has 0 saturated carbocycles. The highest BCUT2D eigenvalue weighted by atomic mass is 32.1. The lowest BCUT2D eigenvalue weighted by Gasteiger charge is -2.04. The second-order valence-electron chi connectivity index (χ2n) is 3.64. The van der Waals surface area contributed by atoms with Gasteiger partial charge in [-0.05, 0) is 0 Å². The number of hydrogen-bond acceptors (Lipinski definition) is 7. The van der Waals surface area contributed by atoms with Crippen LogP contribution in [0.1, 0.15) is 21.3 Å². The van der Waals surface area contributed by atoms with Crippen LogP contribution in [0.4, 0.5) is 4.79 Å². The standard InChI is InChI=1S/C10H11N5O4S/c16-9(17)6-4-20-8(14-6)1-2-11-10(18)12-3-7-13-5-19-15-7/h4-5H,1-3H2,(H,16,17)(H2,11,12,18). The third kappa shape index (κ3) is 4.02. The fourth-order valence-corrected chi connectivity index (χ4v) is 2.07. The van der Waals surface area contributed by atoms with Crippen molar-refractivity contribution >= 4 is 23.3 Å². The molecular weight excluding hydrogens is 286 g/mol. The molecule has 0 unspecified atom stereocenters. The van der Waals surface area contributed by atoms with Gasteiger partial charge in [0.1, 0.15) is 0 Å². The average Bonchev–Trinajstić information content (AvgIpc) is 3.07. The predicted molar refractivity (Wildman–Crippen MR) is 67.3 cm³/mol. The zero-order valence-electron chi connectivity index (χ0n) is 10.2. The maximum absolute atomic E-state index is 11.4. The van der Waals surface area contributed by atoms with E-state index in [4.69, 9.17) is 5.11 Å². The van der Waals surface area contributed by atoms with Crippen LogP contribution >= 0.6 is 11.3 Å². The summed E-state index contributed by atoms with van der Waals surface area (Å²) in [6, 6.07) is -0.371. The molecule has 0 radical (unpaired) electrons. The maximum atomic E-state index is 11.4. The van der Waals surface area contributed by atoms with Crippen LogP contribution in [0.3, 0.4) is 0 Å². The highest BCUT2D eigenvalue weighted by Crippen LogP contribution is 2.09. The summed E-state index contributed by atoms with van der Waals surface area (Å²) in [5.74, 6) is -0.676. The molecular formula is C10H11N5O4S. The molecule has 0 bridgehead atoms. The van der Waals surface area contributed by atoms with Gasteiger partial charge in [0.2, 0.25) is 6.39 Å². The summed E-state index contributed by atoms with van der Waals surface area (Å²) in [4.78, 5) is 29.7. The first-order valence-electron chi connectivity index (χ1n) is 5.60. The van der Waals surface area contributed by atoms with Gasteiger partial charge in [-0.2, -0.15) is 4.98 Å². The zero-order chi connectivity index (χ0) is 14.4. The number of rotatable bonds is 6. The van der Waals surface area contributed by atoms with E-state index in [0.717, 1.165) is 0 Å². The van der Waals surface area contributed by atoms with Crippen LogP contribution in [-0.4, -0.2) is 38.8 Å². The number of carbonyl (C=O) groups excluding carboxylic acids is 1. The second-order valence-corrected chi connectivity index (χ2v) is 4.58. The number of carboxylic acids is 1. The first-order chi connectivity index (χ1) is 9.65. The van der Waals surface area contributed by atoms with Crippen LogP contribution in [-0.2, 0) is 13.0 Å². The van der Waals surface area contributed by atoms with Crippen LogP contribution in [0, 0.1) is 0 Å². The lowest BCUT2D eigenvalue weighted by molar-refractivity contribution is 0.0691. The summed E-state index contributed by atoms with van der Waals surface area (Å²) in [7, 11) is 0. The highest BCUT2D eigenvalue weighted by Gasteiger charge is 2.09. The molecule has 0 aliphatic heterocycles. The Hall–Kier alpha value is -2.49. The van der Waals surface area contributed by atoms with Crippen LogP contribution in [0.25, 0.3) is 0 Å². The minimum atomic E-state index is -1.06. The first-order valence-corrected chi connectivity index (χ1v) is 6.48. The molecule has 3 N–H and O–H groups in total. The van der Waals surface area contributed by atoms with Gasteiger partial charge in [-0.15, -0.1) is 11.3 Å². The van der Waals surface area contributed by atoms with Gasteiger partial charge >= 0.3 is 12.0 Å². The van der Waals surface area contributed by atoms with Crippen molar-refractivity contribution in [2.24, 2.45) is 0 Å². The van der Waals surface area contributed by atoms with E-state index >= 15 is 0 Å². The van der Waals surface area contributed by atoms with Gasteiger partial charge < -0.3 is 20.3 Å². The second kappa shape index (κ2) is 6.61. The zero-order valence-corrected chi connectivity index (χ0v) is 11.0. The normalized spacial score (nSPS) is 10.2. The van der Waals surface area contributed by atoms with Gasteiger partial charge in [-0.3, -0.25) is 0 Å². The summed E-state index contributed by atoms with van der Waals surface area (Å²) in [6.45, 7) is 0.521. The Morgan fingerprint density at radius 3 is 2.90 bits per heavy atom. The van der Waals surface area contributed by atoms with Crippen molar-refractivity contribution in [3.63, 3.8) is 0 Å². The fraction of sp³-hybridized carbons (Fsp3) is 0.300. The maximum Gasteiger partial charge on any atom is 0.355 e. The lowest BCUT2D eigenvalue weighted by Crippen LogP contribution is -2.36. The van der Waals surface area contributed by atoms with Crippen molar-refractivity contribution < 1.29 is 19.2 Å². The summed E-state index contributed by atoms with van der Waals surface area (Å²) in [5.41, 5.74) is 0.0200. The van der Waals surface area contributed by atoms with Gasteiger partial charge in [-0.25, -0.2) is 14.6 Å².